The van der Waals surface area contributed by atoms with E-state index in [4.69, 9.17) is 0 Å². The fourth-order valence-electron chi connectivity index (χ4n) is 2.59. The second-order valence-corrected chi connectivity index (χ2v) is 6.86. The quantitative estimate of drug-likeness (QED) is 0.797. The lowest BCUT2D eigenvalue weighted by atomic mass is 9.88. The summed E-state index contributed by atoms with van der Waals surface area (Å²) in [6.07, 6.45) is 3.45. The van der Waals surface area contributed by atoms with Gasteiger partial charge in [-0.05, 0) is 5.92 Å². The minimum Gasteiger partial charge on any atom is -0.289 e. The van der Waals surface area contributed by atoms with Crippen molar-refractivity contribution in [3.8, 4) is 0 Å². The molecule has 0 spiro atoms. The Kier molecular flexibility index (Phi) is 3.05. The van der Waals surface area contributed by atoms with Crippen molar-refractivity contribution in [3.05, 3.63) is 58.0 Å². The van der Waals surface area contributed by atoms with Crippen molar-refractivity contribution in [3.63, 3.8) is 0 Å². The molecule has 0 N–H and O–H groups in total. The van der Waals surface area contributed by atoms with Crippen LogP contribution in [0.5, 0.6) is 0 Å². The molecular formula is C16H14O3S. The summed E-state index contributed by atoms with van der Waals surface area (Å²) in [5.74, 6) is -0.327. The van der Waals surface area contributed by atoms with Gasteiger partial charge in [0, 0.05) is 16.7 Å². The van der Waals surface area contributed by atoms with Crippen LogP contribution < -0.4 is 0 Å². The molecule has 1 aromatic rings. The molecule has 0 saturated heterocycles. The standard InChI is InChI=1S/C16H14O3S/c1-9(2)13-8-7-12-14(17)10-5-3-4-6-11(10)15(18)16(12)20(13)19/h3-9,13H,1-2H3. The van der Waals surface area contributed by atoms with Crippen molar-refractivity contribution >= 4 is 22.4 Å². The molecule has 2 atom stereocenters. The van der Waals surface area contributed by atoms with Gasteiger partial charge in [0.15, 0.2) is 5.78 Å². The maximum Gasteiger partial charge on any atom is 0.203 e. The van der Waals surface area contributed by atoms with E-state index in [9.17, 15) is 13.8 Å². The van der Waals surface area contributed by atoms with Crippen LogP contribution in [-0.2, 0) is 10.8 Å². The van der Waals surface area contributed by atoms with E-state index in [1.165, 1.54) is 0 Å². The summed E-state index contributed by atoms with van der Waals surface area (Å²) in [5.41, 5.74) is 1.06. The van der Waals surface area contributed by atoms with Crippen LogP contribution in [0.2, 0.25) is 0 Å². The fraction of sp³-hybridized carbons (Fsp3) is 0.250. The third-order valence-electron chi connectivity index (χ3n) is 3.67. The Balaban J connectivity index is 2.18. The summed E-state index contributed by atoms with van der Waals surface area (Å²) in [6.45, 7) is 3.92. The normalized spacial score (nSPS) is 24.9. The number of hydrogen-bond donors (Lipinski definition) is 0. The molecule has 1 aliphatic carbocycles. The smallest absolute Gasteiger partial charge is 0.203 e. The Morgan fingerprint density at radius 1 is 1.05 bits per heavy atom. The van der Waals surface area contributed by atoms with Crippen molar-refractivity contribution in [1.82, 2.24) is 0 Å². The third-order valence-corrected chi connectivity index (χ3v) is 5.67. The highest BCUT2D eigenvalue weighted by atomic mass is 32.2. The van der Waals surface area contributed by atoms with Gasteiger partial charge in [-0.25, -0.2) is 0 Å². The minimum absolute atomic E-state index is 0.154. The molecular weight excluding hydrogens is 272 g/mol. The first-order valence-electron chi connectivity index (χ1n) is 6.54. The molecule has 0 radical (unpaired) electrons. The largest absolute Gasteiger partial charge is 0.289 e. The van der Waals surface area contributed by atoms with Gasteiger partial charge in [-0.1, -0.05) is 50.3 Å². The Hall–Kier alpha value is -1.81. The molecule has 3 nitrogen and oxygen atoms in total. The summed E-state index contributed by atoms with van der Waals surface area (Å²) in [7, 11) is -1.46. The summed E-state index contributed by atoms with van der Waals surface area (Å²) < 4.78 is 12.6. The van der Waals surface area contributed by atoms with Crippen molar-refractivity contribution in [1.29, 1.82) is 0 Å². The molecule has 0 bridgehead atoms. The van der Waals surface area contributed by atoms with Crippen molar-refractivity contribution < 1.29 is 13.8 Å². The van der Waals surface area contributed by atoms with Crippen LogP contribution in [0.3, 0.4) is 0 Å². The lowest BCUT2D eigenvalue weighted by Gasteiger charge is -2.26. The van der Waals surface area contributed by atoms with Gasteiger partial charge in [0.05, 0.1) is 21.0 Å². The van der Waals surface area contributed by atoms with Crippen molar-refractivity contribution in [2.24, 2.45) is 5.92 Å². The van der Waals surface area contributed by atoms with Crippen LogP contribution in [-0.4, -0.2) is 21.0 Å². The Morgan fingerprint density at radius 3 is 2.25 bits per heavy atom. The zero-order chi connectivity index (χ0) is 14.4. The monoisotopic (exact) mass is 286 g/mol. The highest BCUT2D eigenvalue weighted by Gasteiger charge is 2.38. The van der Waals surface area contributed by atoms with Gasteiger partial charge in [-0.2, -0.15) is 0 Å². The summed E-state index contributed by atoms with van der Waals surface area (Å²) >= 11 is 0. The number of hydrogen-bond acceptors (Lipinski definition) is 3. The highest BCUT2D eigenvalue weighted by Crippen LogP contribution is 2.34. The van der Waals surface area contributed by atoms with Crippen molar-refractivity contribution in [2.45, 2.75) is 19.1 Å². The van der Waals surface area contributed by atoms with Gasteiger partial charge in [-0.3, -0.25) is 13.8 Å². The first-order valence-corrected chi connectivity index (χ1v) is 7.75. The van der Waals surface area contributed by atoms with Crippen molar-refractivity contribution in [2.75, 3.05) is 0 Å². The molecule has 20 heavy (non-hydrogen) atoms. The average molecular weight is 286 g/mol. The first kappa shape index (κ1) is 13.2. The average Bonchev–Trinajstić information content (AvgIpc) is 2.44. The molecule has 2 unspecified atom stereocenters. The van der Waals surface area contributed by atoms with Gasteiger partial charge in [0.25, 0.3) is 0 Å². The van der Waals surface area contributed by atoms with E-state index in [1.54, 1.807) is 36.4 Å². The van der Waals surface area contributed by atoms with Crippen LogP contribution in [0.15, 0.2) is 46.9 Å². The highest BCUT2D eigenvalue weighted by molar-refractivity contribution is 7.91. The van der Waals surface area contributed by atoms with Gasteiger partial charge >= 0.3 is 0 Å². The van der Waals surface area contributed by atoms with E-state index in [2.05, 4.69) is 0 Å². The number of carbonyl (C=O) groups excluding carboxylic acids is 2. The Morgan fingerprint density at radius 2 is 1.65 bits per heavy atom. The number of allylic oxidation sites excluding steroid dienone is 3. The van der Waals surface area contributed by atoms with Crippen LogP contribution in [0.25, 0.3) is 0 Å². The number of benzene rings is 1. The molecule has 1 aliphatic heterocycles. The van der Waals surface area contributed by atoms with Crippen LogP contribution in [0, 0.1) is 5.92 Å². The van der Waals surface area contributed by atoms with Crippen LogP contribution >= 0.6 is 0 Å². The Bertz CT molecular complexity index is 710. The SMILES string of the molecule is CC(C)C1C=CC2=C(C(=O)c3ccccc3C2=O)S1=O. The molecule has 0 saturated carbocycles. The summed E-state index contributed by atoms with van der Waals surface area (Å²) in [4.78, 5) is 25.1. The number of rotatable bonds is 1. The maximum atomic E-state index is 12.6. The van der Waals surface area contributed by atoms with Gasteiger partial charge in [0.1, 0.15) is 0 Å². The molecule has 3 rings (SSSR count). The predicted octanol–water partition coefficient (Wildman–Crippen LogP) is 2.66. The first-order chi connectivity index (χ1) is 9.52. The van der Waals surface area contributed by atoms with E-state index in [0.29, 0.717) is 16.7 Å². The fourth-order valence-corrected chi connectivity index (χ4v) is 4.25. The van der Waals surface area contributed by atoms with E-state index in [-0.39, 0.29) is 27.6 Å². The molecule has 0 amide bonds. The van der Waals surface area contributed by atoms with E-state index in [0.717, 1.165) is 0 Å². The van der Waals surface area contributed by atoms with Crippen LogP contribution in [0.4, 0.5) is 0 Å². The second-order valence-electron chi connectivity index (χ2n) is 5.31. The van der Waals surface area contributed by atoms with Gasteiger partial charge in [-0.15, -0.1) is 0 Å². The summed E-state index contributed by atoms with van der Waals surface area (Å²) in [5, 5.41) is -0.212. The number of carbonyl (C=O) groups is 2. The number of Topliss-reactive ketones (excluding diaryl/α,β-unsaturated/α-hetero) is 2. The van der Waals surface area contributed by atoms with E-state index < -0.39 is 10.8 Å². The maximum absolute atomic E-state index is 12.6. The third kappa shape index (κ3) is 1.75. The molecule has 2 aliphatic rings. The zero-order valence-corrected chi connectivity index (χ0v) is 12.1. The molecule has 0 fully saturated rings. The second kappa shape index (κ2) is 4.63. The predicted molar refractivity (Wildman–Crippen MR) is 78.0 cm³/mol. The minimum atomic E-state index is -1.46. The molecule has 1 heterocycles. The molecule has 0 aromatic heterocycles. The zero-order valence-electron chi connectivity index (χ0n) is 11.3. The van der Waals surface area contributed by atoms with Crippen LogP contribution in [0.1, 0.15) is 34.6 Å². The molecule has 4 heteroatoms. The van der Waals surface area contributed by atoms with E-state index >= 15 is 0 Å². The lowest BCUT2D eigenvalue weighted by Crippen LogP contribution is -2.32. The number of ketones is 2. The number of fused-ring (bicyclic) bond motifs is 1. The van der Waals surface area contributed by atoms with Gasteiger partial charge in [0.2, 0.25) is 5.78 Å². The Labute approximate surface area is 119 Å². The summed E-state index contributed by atoms with van der Waals surface area (Å²) in [6, 6.07) is 6.72. The molecule has 102 valence electrons. The topological polar surface area (TPSA) is 51.2 Å². The molecule has 1 aromatic carbocycles. The van der Waals surface area contributed by atoms with E-state index in [1.807, 2.05) is 13.8 Å². The van der Waals surface area contributed by atoms with Gasteiger partial charge < -0.3 is 0 Å². The lowest BCUT2D eigenvalue weighted by molar-refractivity contribution is 0.0983.